The molecule has 5 heteroatoms. The number of hydrogen-bond donors (Lipinski definition) is 0. The number of anilines is 1. The largest absolute Gasteiger partial charge is 0.371 e. The van der Waals surface area contributed by atoms with Gasteiger partial charge in [0.15, 0.2) is 0 Å². The normalized spacial score (nSPS) is 15.3. The molecular formula is C13H13Cl2N3. The van der Waals surface area contributed by atoms with E-state index in [0.717, 1.165) is 18.8 Å². The molecule has 0 radical (unpaired) electrons. The molecule has 3 rings (SSSR count). The molecule has 0 saturated carbocycles. The van der Waals surface area contributed by atoms with Crippen molar-refractivity contribution in [1.29, 1.82) is 0 Å². The van der Waals surface area contributed by atoms with Gasteiger partial charge in [0.2, 0.25) is 0 Å². The maximum atomic E-state index is 6.32. The maximum absolute atomic E-state index is 6.32. The van der Waals surface area contributed by atoms with Crippen molar-refractivity contribution in [1.82, 2.24) is 9.78 Å². The van der Waals surface area contributed by atoms with E-state index in [1.54, 1.807) is 17.1 Å². The molecule has 2 aromatic rings. The highest BCUT2D eigenvalue weighted by Crippen LogP contribution is 2.28. The average molecular weight is 282 g/mol. The lowest BCUT2D eigenvalue weighted by Crippen LogP contribution is -2.17. The summed E-state index contributed by atoms with van der Waals surface area (Å²) in [5.41, 5.74) is 2.03. The predicted molar refractivity (Wildman–Crippen MR) is 75.0 cm³/mol. The summed E-state index contributed by atoms with van der Waals surface area (Å²) in [7, 11) is 0. The van der Waals surface area contributed by atoms with E-state index in [0.29, 0.717) is 10.0 Å². The van der Waals surface area contributed by atoms with Crippen LogP contribution in [0.5, 0.6) is 0 Å². The van der Waals surface area contributed by atoms with Crippen molar-refractivity contribution in [2.75, 3.05) is 18.0 Å². The van der Waals surface area contributed by atoms with E-state index in [1.165, 1.54) is 18.5 Å². The van der Waals surface area contributed by atoms with Crippen molar-refractivity contribution in [3.63, 3.8) is 0 Å². The molecule has 1 saturated heterocycles. The second-order valence-corrected chi connectivity index (χ2v) is 5.28. The van der Waals surface area contributed by atoms with Gasteiger partial charge in [-0.05, 0) is 31.0 Å². The van der Waals surface area contributed by atoms with E-state index < -0.39 is 0 Å². The highest BCUT2D eigenvalue weighted by molar-refractivity contribution is 6.32. The van der Waals surface area contributed by atoms with E-state index >= 15 is 0 Å². The van der Waals surface area contributed by atoms with Gasteiger partial charge in [-0.2, -0.15) is 5.10 Å². The molecule has 0 unspecified atom stereocenters. The molecule has 1 fully saturated rings. The molecule has 1 aromatic carbocycles. The van der Waals surface area contributed by atoms with Crippen molar-refractivity contribution in [3.05, 3.63) is 40.6 Å². The van der Waals surface area contributed by atoms with Crippen molar-refractivity contribution in [2.45, 2.75) is 12.8 Å². The SMILES string of the molecule is Clc1cnn(-c2ccc(N3CCCC3)cc2Cl)c1. The number of nitrogens with zero attached hydrogens (tertiary/aromatic N) is 3. The predicted octanol–water partition coefficient (Wildman–Crippen LogP) is 3.78. The Hall–Kier alpha value is -1.19. The third kappa shape index (κ3) is 2.20. The molecule has 0 bridgehead atoms. The van der Waals surface area contributed by atoms with Crippen LogP contribution in [0.1, 0.15) is 12.8 Å². The van der Waals surface area contributed by atoms with Gasteiger partial charge in [0, 0.05) is 25.0 Å². The number of hydrogen-bond acceptors (Lipinski definition) is 2. The summed E-state index contributed by atoms with van der Waals surface area (Å²) >= 11 is 12.2. The topological polar surface area (TPSA) is 21.1 Å². The average Bonchev–Trinajstić information content (AvgIpc) is 2.99. The Morgan fingerprint density at radius 2 is 1.89 bits per heavy atom. The first-order valence-corrected chi connectivity index (χ1v) is 6.75. The van der Waals surface area contributed by atoms with Gasteiger partial charge in [-0.15, -0.1) is 0 Å². The molecule has 94 valence electrons. The quantitative estimate of drug-likeness (QED) is 0.835. The Kier molecular flexibility index (Phi) is 3.18. The number of halogens is 2. The molecule has 0 spiro atoms. The van der Waals surface area contributed by atoms with E-state index in [1.807, 2.05) is 12.1 Å². The van der Waals surface area contributed by atoms with Gasteiger partial charge in [0.25, 0.3) is 0 Å². The lowest BCUT2D eigenvalue weighted by molar-refractivity contribution is 0.879. The summed E-state index contributed by atoms with van der Waals surface area (Å²) in [4.78, 5) is 2.35. The van der Waals surface area contributed by atoms with Gasteiger partial charge < -0.3 is 4.90 Å². The van der Waals surface area contributed by atoms with Gasteiger partial charge in [0.1, 0.15) is 0 Å². The minimum absolute atomic E-state index is 0.606. The van der Waals surface area contributed by atoms with Crippen LogP contribution < -0.4 is 4.90 Å². The molecule has 1 aliphatic rings. The van der Waals surface area contributed by atoms with Crippen LogP contribution in [-0.2, 0) is 0 Å². The fraction of sp³-hybridized carbons (Fsp3) is 0.308. The first-order valence-electron chi connectivity index (χ1n) is 5.99. The summed E-state index contributed by atoms with van der Waals surface area (Å²) in [6.45, 7) is 2.23. The second-order valence-electron chi connectivity index (χ2n) is 4.43. The van der Waals surface area contributed by atoms with Gasteiger partial charge in [-0.25, -0.2) is 4.68 Å². The molecule has 1 aromatic heterocycles. The first-order chi connectivity index (χ1) is 8.74. The monoisotopic (exact) mass is 281 g/mol. The highest BCUT2D eigenvalue weighted by atomic mass is 35.5. The summed E-state index contributed by atoms with van der Waals surface area (Å²) in [6, 6.07) is 6.07. The smallest absolute Gasteiger partial charge is 0.0833 e. The zero-order valence-electron chi connectivity index (χ0n) is 9.81. The molecule has 0 amide bonds. The molecule has 0 atom stereocenters. The molecule has 1 aliphatic heterocycles. The lowest BCUT2D eigenvalue weighted by Gasteiger charge is -2.18. The van der Waals surface area contributed by atoms with Crippen LogP contribution in [0.3, 0.4) is 0 Å². The third-order valence-corrected chi connectivity index (χ3v) is 3.70. The van der Waals surface area contributed by atoms with E-state index in [4.69, 9.17) is 23.2 Å². The zero-order chi connectivity index (χ0) is 12.5. The Labute approximate surface area is 116 Å². The lowest BCUT2D eigenvalue weighted by atomic mass is 10.2. The Bertz CT molecular complexity index is 559. The fourth-order valence-corrected chi connectivity index (χ4v) is 2.68. The van der Waals surface area contributed by atoms with Gasteiger partial charge in [-0.1, -0.05) is 23.2 Å². The number of benzene rings is 1. The molecular weight excluding hydrogens is 269 g/mol. The molecule has 0 N–H and O–H groups in total. The van der Waals surface area contributed by atoms with Gasteiger partial charge in [-0.3, -0.25) is 0 Å². The number of aromatic nitrogens is 2. The van der Waals surface area contributed by atoms with Crippen LogP contribution in [0.25, 0.3) is 5.69 Å². The molecule has 18 heavy (non-hydrogen) atoms. The van der Waals surface area contributed by atoms with Crippen molar-refractivity contribution in [2.24, 2.45) is 0 Å². The van der Waals surface area contributed by atoms with Gasteiger partial charge in [0.05, 0.1) is 21.9 Å². The Balaban J connectivity index is 1.93. The molecule has 2 heterocycles. The van der Waals surface area contributed by atoms with Gasteiger partial charge >= 0.3 is 0 Å². The van der Waals surface area contributed by atoms with Crippen LogP contribution in [0.2, 0.25) is 10.0 Å². The summed E-state index contributed by atoms with van der Waals surface area (Å²) in [5.74, 6) is 0. The summed E-state index contributed by atoms with van der Waals surface area (Å²) in [5, 5.41) is 5.46. The first kappa shape index (κ1) is 11.9. The van der Waals surface area contributed by atoms with Crippen LogP contribution in [0, 0.1) is 0 Å². The zero-order valence-corrected chi connectivity index (χ0v) is 11.3. The van der Waals surface area contributed by atoms with E-state index in [9.17, 15) is 0 Å². The Morgan fingerprint density at radius 3 is 2.50 bits per heavy atom. The maximum Gasteiger partial charge on any atom is 0.0833 e. The van der Waals surface area contributed by atoms with E-state index in [-0.39, 0.29) is 0 Å². The van der Waals surface area contributed by atoms with Crippen LogP contribution in [-0.4, -0.2) is 22.9 Å². The molecule has 3 nitrogen and oxygen atoms in total. The molecule has 0 aliphatic carbocycles. The minimum Gasteiger partial charge on any atom is -0.371 e. The highest BCUT2D eigenvalue weighted by Gasteiger charge is 2.14. The summed E-state index contributed by atoms with van der Waals surface area (Å²) in [6.07, 6.45) is 5.87. The van der Waals surface area contributed by atoms with Crippen molar-refractivity contribution in [3.8, 4) is 5.69 Å². The minimum atomic E-state index is 0.606. The van der Waals surface area contributed by atoms with Crippen LogP contribution >= 0.6 is 23.2 Å². The van der Waals surface area contributed by atoms with Crippen LogP contribution in [0.15, 0.2) is 30.6 Å². The van der Waals surface area contributed by atoms with Crippen LogP contribution in [0.4, 0.5) is 5.69 Å². The Morgan fingerprint density at radius 1 is 1.11 bits per heavy atom. The van der Waals surface area contributed by atoms with Crippen molar-refractivity contribution < 1.29 is 0 Å². The number of rotatable bonds is 2. The van der Waals surface area contributed by atoms with E-state index in [2.05, 4.69) is 16.1 Å². The third-order valence-electron chi connectivity index (χ3n) is 3.20. The summed E-state index contributed by atoms with van der Waals surface area (Å²) < 4.78 is 1.69. The van der Waals surface area contributed by atoms with Crippen molar-refractivity contribution >= 4 is 28.9 Å². The second kappa shape index (κ2) is 4.82. The fourth-order valence-electron chi connectivity index (χ4n) is 2.29. The standard InChI is InChI=1S/C13H13Cl2N3/c14-10-8-16-18(9-10)13-4-3-11(7-12(13)15)17-5-1-2-6-17/h3-4,7-9H,1-2,5-6H2.